The second-order valence-electron chi connectivity index (χ2n) is 3.32. The van der Waals surface area contributed by atoms with E-state index in [9.17, 15) is 13.2 Å². The molecule has 17 heavy (non-hydrogen) atoms. The van der Waals surface area contributed by atoms with Crippen molar-refractivity contribution in [3.63, 3.8) is 0 Å². The molecule has 0 bridgehead atoms. The van der Waals surface area contributed by atoms with Crippen LogP contribution in [0.5, 0.6) is 0 Å². The zero-order chi connectivity index (χ0) is 13.2. The number of nitrogens with one attached hydrogen (secondary N) is 2. The summed E-state index contributed by atoms with van der Waals surface area (Å²) in [6.07, 6.45) is 0. The van der Waals surface area contributed by atoms with Crippen LogP contribution in [0.1, 0.15) is 5.56 Å². The van der Waals surface area contributed by atoms with Gasteiger partial charge in [-0.15, -0.1) is 0 Å². The molecule has 0 aliphatic rings. The maximum absolute atomic E-state index is 11.8. The molecule has 0 atom stereocenters. The van der Waals surface area contributed by atoms with E-state index in [1.54, 1.807) is 13.0 Å². The van der Waals surface area contributed by atoms with E-state index in [4.69, 9.17) is 5.73 Å². The normalized spacial score (nSPS) is 11.0. The molecule has 6 nitrogen and oxygen atoms in total. The van der Waals surface area contributed by atoms with Crippen molar-refractivity contribution in [1.82, 2.24) is 10.0 Å². The van der Waals surface area contributed by atoms with Crippen LogP contribution in [0, 0.1) is 6.92 Å². The number of benzene rings is 1. The van der Waals surface area contributed by atoms with Gasteiger partial charge in [0, 0.05) is 17.2 Å². The quantitative estimate of drug-likeness (QED) is 0.706. The topological polar surface area (TPSA) is 101 Å². The molecule has 1 aromatic rings. The third kappa shape index (κ3) is 3.10. The van der Waals surface area contributed by atoms with E-state index in [1.807, 2.05) is 4.72 Å². The molecular formula is C9H12BrN3O3S. The Hall–Kier alpha value is -1.28. The van der Waals surface area contributed by atoms with Gasteiger partial charge in [-0.3, -0.25) is 0 Å². The number of halogens is 1. The molecule has 0 saturated heterocycles. The van der Waals surface area contributed by atoms with Crippen molar-refractivity contribution in [1.29, 1.82) is 0 Å². The molecule has 0 aliphatic carbocycles. The number of carbonyl (C=O) groups is 1. The monoisotopic (exact) mass is 321 g/mol. The number of carbonyl (C=O) groups excluding carboxylic acids is 1. The predicted molar refractivity (Wildman–Crippen MR) is 68.1 cm³/mol. The van der Waals surface area contributed by atoms with E-state index < -0.39 is 16.1 Å². The molecular weight excluding hydrogens is 310 g/mol. The highest BCUT2D eigenvalue weighted by Gasteiger charge is 2.20. The highest BCUT2D eigenvalue weighted by atomic mass is 79.9. The summed E-state index contributed by atoms with van der Waals surface area (Å²) in [5.74, 6) is 0. The molecule has 8 heteroatoms. The zero-order valence-corrected chi connectivity index (χ0v) is 11.6. The van der Waals surface area contributed by atoms with Gasteiger partial charge < -0.3 is 11.1 Å². The van der Waals surface area contributed by atoms with Crippen LogP contribution in [-0.4, -0.2) is 21.5 Å². The molecule has 0 unspecified atom stereocenters. The number of aryl methyl sites for hydroxylation is 1. The van der Waals surface area contributed by atoms with Gasteiger partial charge in [-0.05, 0) is 40.5 Å². The molecule has 0 saturated carbocycles. The first-order chi connectivity index (χ1) is 7.77. The average Bonchev–Trinajstić information content (AvgIpc) is 2.22. The van der Waals surface area contributed by atoms with Gasteiger partial charge >= 0.3 is 6.03 Å². The SMILES string of the molecule is CNC(=O)NS(=O)(=O)c1cc(N)c(Br)cc1C. The molecule has 0 radical (unpaired) electrons. The summed E-state index contributed by atoms with van der Waals surface area (Å²) >= 11 is 3.19. The Morgan fingerprint density at radius 1 is 1.41 bits per heavy atom. The summed E-state index contributed by atoms with van der Waals surface area (Å²) in [6.45, 7) is 1.61. The van der Waals surface area contributed by atoms with Crippen LogP contribution in [0.15, 0.2) is 21.5 Å². The first-order valence-electron chi connectivity index (χ1n) is 4.58. The molecule has 0 spiro atoms. The number of nitrogen functional groups attached to an aromatic ring is 1. The molecule has 0 fully saturated rings. The van der Waals surface area contributed by atoms with Crippen molar-refractivity contribution in [2.45, 2.75) is 11.8 Å². The van der Waals surface area contributed by atoms with Gasteiger partial charge in [0.05, 0.1) is 4.90 Å². The number of amides is 2. The summed E-state index contributed by atoms with van der Waals surface area (Å²) in [7, 11) is -2.58. The van der Waals surface area contributed by atoms with Crippen LogP contribution in [0.2, 0.25) is 0 Å². The molecule has 4 N–H and O–H groups in total. The highest BCUT2D eigenvalue weighted by molar-refractivity contribution is 9.10. The number of sulfonamides is 1. The molecule has 0 heterocycles. The smallest absolute Gasteiger partial charge is 0.328 e. The number of anilines is 1. The third-order valence-corrected chi connectivity index (χ3v) is 4.20. The number of hydrogen-bond donors (Lipinski definition) is 3. The van der Waals surface area contributed by atoms with E-state index in [2.05, 4.69) is 21.2 Å². The average molecular weight is 322 g/mol. The van der Waals surface area contributed by atoms with Crippen LogP contribution in [0.3, 0.4) is 0 Å². The largest absolute Gasteiger partial charge is 0.398 e. The van der Waals surface area contributed by atoms with Crippen LogP contribution in [0.25, 0.3) is 0 Å². The Kier molecular flexibility index (Phi) is 3.99. The molecule has 0 aliphatic heterocycles. The lowest BCUT2D eigenvalue weighted by molar-refractivity contribution is 0.248. The van der Waals surface area contributed by atoms with Crippen molar-refractivity contribution in [2.24, 2.45) is 0 Å². The van der Waals surface area contributed by atoms with Crippen LogP contribution in [0.4, 0.5) is 10.5 Å². The molecule has 2 amide bonds. The standard InChI is InChI=1S/C9H12BrN3O3S/c1-5-3-6(10)7(11)4-8(5)17(15,16)13-9(14)12-2/h3-4H,11H2,1-2H3,(H2,12,13,14). The van der Waals surface area contributed by atoms with Crippen molar-refractivity contribution in [3.05, 3.63) is 22.2 Å². The van der Waals surface area contributed by atoms with E-state index in [0.717, 1.165) is 0 Å². The van der Waals surface area contributed by atoms with Gasteiger partial charge in [-0.2, -0.15) is 0 Å². The van der Waals surface area contributed by atoms with E-state index in [1.165, 1.54) is 13.1 Å². The summed E-state index contributed by atoms with van der Waals surface area (Å²) in [4.78, 5) is 11.0. The minimum atomic E-state index is -3.90. The lowest BCUT2D eigenvalue weighted by atomic mass is 10.2. The van der Waals surface area contributed by atoms with Crippen molar-refractivity contribution in [3.8, 4) is 0 Å². The number of urea groups is 1. The minimum Gasteiger partial charge on any atom is -0.398 e. The Morgan fingerprint density at radius 2 is 2.00 bits per heavy atom. The number of nitrogens with two attached hydrogens (primary N) is 1. The zero-order valence-electron chi connectivity index (χ0n) is 9.24. The maximum Gasteiger partial charge on any atom is 0.328 e. The molecule has 1 rings (SSSR count). The fourth-order valence-corrected chi connectivity index (χ4v) is 2.86. The summed E-state index contributed by atoms with van der Waals surface area (Å²) in [5.41, 5.74) is 6.38. The van der Waals surface area contributed by atoms with Crippen LogP contribution in [-0.2, 0) is 10.0 Å². The Morgan fingerprint density at radius 3 is 2.53 bits per heavy atom. The third-order valence-electron chi connectivity index (χ3n) is 2.04. The Labute approximate surface area is 108 Å². The lowest BCUT2D eigenvalue weighted by Gasteiger charge is -2.10. The Bertz CT molecular complexity index is 557. The number of hydrogen-bond acceptors (Lipinski definition) is 4. The van der Waals surface area contributed by atoms with Gasteiger partial charge in [0.15, 0.2) is 0 Å². The summed E-state index contributed by atoms with van der Waals surface area (Å²) in [6, 6.07) is 2.07. The summed E-state index contributed by atoms with van der Waals surface area (Å²) in [5, 5.41) is 2.17. The van der Waals surface area contributed by atoms with Crippen molar-refractivity contribution < 1.29 is 13.2 Å². The summed E-state index contributed by atoms with van der Waals surface area (Å²) < 4.78 is 26.2. The van der Waals surface area contributed by atoms with Crippen LogP contribution < -0.4 is 15.8 Å². The lowest BCUT2D eigenvalue weighted by Crippen LogP contribution is -2.37. The van der Waals surface area contributed by atoms with E-state index in [0.29, 0.717) is 10.0 Å². The molecule has 94 valence electrons. The fourth-order valence-electron chi connectivity index (χ4n) is 1.19. The van der Waals surface area contributed by atoms with Gasteiger partial charge in [0.2, 0.25) is 0 Å². The first kappa shape index (κ1) is 13.8. The first-order valence-corrected chi connectivity index (χ1v) is 6.85. The second-order valence-corrected chi connectivity index (χ2v) is 5.83. The molecule has 1 aromatic carbocycles. The van der Waals surface area contributed by atoms with Crippen molar-refractivity contribution >= 4 is 37.7 Å². The minimum absolute atomic E-state index is 0.0261. The van der Waals surface area contributed by atoms with Crippen molar-refractivity contribution in [2.75, 3.05) is 12.8 Å². The number of rotatable bonds is 2. The van der Waals surface area contributed by atoms with Gasteiger partial charge in [-0.25, -0.2) is 17.9 Å². The fraction of sp³-hybridized carbons (Fsp3) is 0.222. The van der Waals surface area contributed by atoms with Crippen LogP contribution >= 0.6 is 15.9 Å². The van der Waals surface area contributed by atoms with Gasteiger partial charge in [0.1, 0.15) is 0 Å². The highest BCUT2D eigenvalue weighted by Crippen LogP contribution is 2.26. The second kappa shape index (κ2) is 4.92. The van der Waals surface area contributed by atoms with Gasteiger partial charge in [0.25, 0.3) is 10.0 Å². The van der Waals surface area contributed by atoms with Gasteiger partial charge in [-0.1, -0.05) is 0 Å². The Balaban J connectivity index is 3.25. The maximum atomic E-state index is 11.8. The molecule has 0 aromatic heterocycles. The van der Waals surface area contributed by atoms with E-state index in [-0.39, 0.29) is 10.6 Å². The van der Waals surface area contributed by atoms with E-state index >= 15 is 0 Å². The predicted octanol–water partition coefficient (Wildman–Crippen LogP) is 0.957.